The van der Waals surface area contributed by atoms with Gasteiger partial charge in [-0.25, -0.2) is 8.42 Å². The summed E-state index contributed by atoms with van der Waals surface area (Å²) in [7, 11) is -3.81. The Bertz CT molecular complexity index is 1220. The Morgan fingerprint density at radius 1 is 1.24 bits per heavy atom. The van der Waals surface area contributed by atoms with E-state index >= 15 is 0 Å². The van der Waals surface area contributed by atoms with E-state index < -0.39 is 32.3 Å². The zero-order valence-corrected chi connectivity index (χ0v) is 20.1. The smallest absolute Gasteiger partial charge is 0.271 e. The molecule has 1 fully saturated rings. The van der Waals surface area contributed by atoms with Gasteiger partial charge in [0.05, 0.1) is 15.9 Å². The van der Waals surface area contributed by atoms with E-state index in [4.69, 9.17) is 4.74 Å². The summed E-state index contributed by atoms with van der Waals surface area (Å²) in [5.41, 5.74) is 1.79. The van der Waals surface area contributed by atoms with E-state index in [1.165, 1.54) is 4.90 Å². The Balaban J connectivity index is 1.91. The number of anilines is 1. The van der Waals surface area contributed by atoms with E-state index in [0.717, 1.165) is 42.0 Å². The van der Waals surface area contributed by atoms with Gasteiger partial charge in [0.2, 0.25) is 5.91 Å². The molecular formula is C23H27N3O7S. The third-order valence-electron chi connectivity index (χ3n) is 5.73. The van der Waals surface area contributed by atoms with Crippen LogP contribution in [0.3, 0.4) is 0 Å². The highest BCUT2D eigenvalue weighted by molar-refractivity contribution is 7.90. The second kappa shape index (κ2) is 10.3. The number of sulfone groups is 1. The Labute approximate surface area is 198 Å². The fourth-order valence-corrected chi connectivity index (χ4v) is 4.39. The van der Waals surface area contributed by atoms with Crippen molar-refractivity contribution in [1.29, 1.82) is 0 Å². The molecule has 10 nitrogen and oxygen atoms in total. The van der Waals surface area contributed by atoms with Gasteiger partial charge in [-0.2, -0.15) is 0 Å². The summed E-state index contributed by atoms with van der Waals surface area (Å²) < 4.78 is 29.7. The minimum absolute atomic E-state index is 0.0932. The topological polar surface area (TPSA) is 136 Å². The van der Waals surface area contributed by atoms with Crippen LogP contribution in [0.5, 0.6) is 0 Å². The molecule has 2 aromatic rings. The molecule has 3 rings (SSSR count). The van der Waals surface area contributed by atoms with Crippen molar-refractivity contribution in [3.63, 3.8) is 0 Å². The van der Waals surface area contributed by atoms with Crippen LogP contribution in [0.15, 0.2) is 41.3 Å². The number of carbonyl (C=O) groups is 2. The van der Waals surface area contributed by atoms with Crippen LogP contribution < -0.4 is 5.32 Å². The molecule has 1 atom stereocenters. The fraction of sp³-hybridized carbons (Fsp3) is 0.391. The van der Waals surface area contributed by atoms with Gasteiger partial charge in [-0.15, -0.1) is 0 Å². The Hall–Kier alpha value is -3.31. The number of amides is 2. The van der Waals surface area contributed by atoms with E-state index in [2.05, 4.69) is 5.32 Å². The lowest BCUT2D eigenvalue weighted by atomic mass is 10.1. The maximum Gasteiger partial charge on any atom is 0.271 e. The number of hydrogen-bond acceptors (Lipinski definition) is 7. The SMILES string of the molecule is Cc1cccc(NC(=O)CN(CC2CCCO2)C(=O)c2cc([N+](=O)[O-])cc(S(C)(=O)=O)c2)c1C. The van der Waals surface area contributed by atoms with Gasteiger partial charge in [0.15, 0.2) is 9.84 Å². The summed E-state index contributed by atoms with van der Waals surface area (Å²) in [5, 5.41) is 14.1. The minimum Gasteiger partial charge on any atom is -0.376 e. The Morgan fingerprint density at radius 2 is 1.97 bits per heavy atom. The molecule has 1 aliphatic heterocycles. The summed E-state index contributed by atoms with van der Waals surface area (Å²) in [4.78, 5) is 37.7. The van der Waals surface area contributed by atoms with Crippen molar-refractivity contribution in [3.05, 3.63) is 63.2 Å². The van der Waals surface area contributed by atoms with Crippen LogP contribution in [0.4, 0.5) is 11.4 Å². The van der Waals surface area contributed by atoms with E-state index in [9.17, 15) is 28.1 Å². The number of hydrogen-bond donors (Lipinski definition) is 1. The number of nitrogens with one attached hydrogen (secondary N) is 1. The number of aryl methyl sites for hydroxylation is 1. The largest absolute Gasteiger partial charge is 0.376 e. The first-order valence-electron chi connectivity index (χ1n) is 10.7. The molecule has 0 aliphatic carbocycles. The monoisotopic (exact) mass is 489 g/mol. The van der Waals surface area contributed by atoms with Crippen LogP contribution in [0.2, 0.25) is 0 Å². The van der Waals surface area contributed by atoms with E-state index in [1.807, 2.05) is 26.0 Å². The number of nitro groups is 1. The molecule has 1 N–H and O–H groups in total. The van der Waals surface area contributed by atoms with Gasteiger partial charge < -0.3 is 15.0 Å². The fourth-order valence-electron chi connectivity index (χ4n) is 3.71. The maximum absolute atomic E-state index is 13.4. The third kappa shape index (κ3) is 6.17. The first kappa shape index (κ1) is 25.3. The molecule has 11 heteroatoms. The normalized spacial score (nSPS) is 15.7. The highest BCUT2D eigenvalue weighted by atomic mass is 32.2. The Kier molecular flexibility index (Phi) is 7.68. The second-order valence-electron chi connectivity index (χ2n) is 8.36. The summed E-state index contributed by atoms with van der Waals surface area (Å²) in [6.07, 6.45) is 2.13. The van der Waals surface area contributed by atoms with Crippen LogP contribution in [0, 0.1) is 24.0 Å². The van der Waals surface area contributed by atoms with Crippen molar-refractivity contribution in [2.24, 2.45) is 0 Å². The van der Waals surface area contributed by atoms with Gasteiger partial charge in [0.25, 0.3) is 11.6 Å². The first-order valence-corrected chi connectivity index (χ1v) is 12.6. The molecule has 1 aliphatic rings. The lowest BCUT2D eigenvalue weighted by Crippen LogP contribution is -2.42. The third-order valence-corrected chi connectivity index (χ3v) is 6.82. The van der Waals surface area contributed by atoms with Gasteiger partial charge in [0, 0.05) is 42.8 Å². The average Bonchev–Trinajstić information content (AvgIpc) is 3.28. The van der Waals surface area contributed by atoms with Crippen molar-refractivity contribution in [2.75, 3.05) is 31.3 Å². The number of benzene rings is 2. The predicted molar refractivity (Wildman–Crippen MR) is 126 cm³/mol. The molecule has 1 heterocycles. The molecule has 1 saturated heterocycles. The molecule has 2 aromatic carbocycles. The first-order chi connectivity index (χ1) is 16.0. The van der Waals surface area contributed by atoms with Crippen LogP contribution in [0.1, 0.15) is 34.3 Å². The number of nitro benzene ring substituents is 1. The Morgan fingerprint density at radius 3 is 2.59 bits per heavy atom. The molecule has 182 valence electrons. The zero-order chi connectivity index (χ0) is 25.0. The van der Waals surface area contributed by atoms with E-state index in [-0.39, 0.29) is 29.7 Å². The van der Waals surface area contributed by atoms with Gasteiger partial charge in [-0.3, -0.25) is 19.7 Å². The molecular weight excluding hydrogens is 462 g/mol. The lowest BCUT2D eigenvalue weighted by Gasteiger charge is -2.25. The van der Waals surface area contributed by atoms with Crippen molar-refractivity contribution in [1.82, 2.24) is 4.90 Å². The molecule has 0 aromatic heterocycles. The highest BCUT2D eigenvalue weighted by Crippen LogP contribution is 2.23. The average molecular weight is 490 g/mol. The second-order valence-corrected chi connectivity index (χ2v) is 10.4. The van der Waals surface area contributed by atoms with E-state index in [1.54, 1.807) is 6.07 Å². The van der Waals surface area contributed by atoms with Gasteiger partial charge in [-0.05, 0) is 49.9 Å². The molecule has 0 radical (unpaired) electrons. The van der Waals surface area contributed by atoms with Crippen molar-refractivity contribution in [3.8, 4) is 0 Å². The minimum atomic E-state index is -3.81. The maximum atomic E-state index is 13.4. The molecule has 1 unspecified atom stereocenters. The summed E-state index contributed by atoms with van der Waals surface area (Å²) in [5.74, 6) is -1.14. The molecule has 2 amide bonds. The summed E-state index contributed by atoms with van der Waals surface area (Å²) >= 11 is 0. The highest BCUT2D eigenvalue weighted by Gasteiger charge is 2.28. The number of ether oxygens (including phenoxy) is 1. The quantitative estimate of drug-likeness (QED) is 0.445. The zero-order valence-electron chi connectivity index (χ0n) is 19.2. The van der Waals surface area contributed by atoms with Crippen LogP contribution in [-0.2, 0) is 19.4 Å². The van der Waals surface area contributed by atoms with Gasteiger partial charge in [0.1, 0.15) is 6.54 Å². The number of carbonyl (C=O) groups excluding carboxylic acids is 2. The van der Waals surface area contributed by atoms with Crippen LogP contribution in [-0.4, -0.2) is 62.1 Å². The number of non-ortho nitro benzene ring substituents is 1. The predicted octanol–water partition coefficient (Wildman–Crippen LogP) is 2.88. The van der Waals surface area contributed by atoms with Gasteiger partial charge in [-0.1, -0.05) is 12.1 Å². The van der Waals surface area contributed by atoms with Crippen LogP contribution >= 0.6 is 0 Å². The van der Waals surface area contributed by atoms with Gasteiger partial charge >= 0.3 is 0 Å². The number of nitrogens with zero attached hydrogens (tertiary/aromatic N) is 2. The lowest BCUT2D eigenvalue weighted by molar-refractivity contribution is -0.385. The summed E-state index contributed by atoms with van der Waals surface area (Å²) in [6, 6.07) is 8.50. The molecule has 0 saturated carbocycles. The molecule has 0 bridgehead atoms. The molecule has 0 spiro atoms. The van der Waals surface area contributed by atoms with Crippen molar-refractivity contribution >= 4 is 33.0 Å². The number of rotatable bonds is 8. The summed E-state index contributed by atoms with van der Waals surface area (Å²) in [6.45, 7) is 4.09. The van der Waals surface area contributed by atoms with Crippen molar-refractivity contribution < 1.29 is 27.7 Å². The standard InChI is InChI=1S/C23H27N3O7S/c1-15-6-4-8-21(16(15)2)24-22(27)14-25(13-19-7-5-9-33-19)23(28)17-10-18(26(29)30)12-20(11-17)34(3,31)32/h4,6,8,10-12,19H,5,7,9,13-14H2,1-3H3,(H,24,27). The molecule has 34 heavy (non-hydrogen) atoms. The van der Waals surface area contributed by atoms with Crippen molar-refractivity contribution in [2.45, 2.75) is 37.7 Å². The van der Waals surface area contributed by atoms with E-state index in [0.29, 0.717) is 18.7 Å². The van der Waals surface area contributed by atoms with Crippen LogP contribution in [0.25, 0.3) is 0 Å².